The smallest absolute Gasteiger partial charge is 0.0695 e. The molecule has 0 aliphatic heterocycles. The zero-order valence-corrected chi connectivity index (χ0v) is 9.15. The Balaban J connectivity index is 4.21. The van der Waals surface area contributed by atoms with Crippen molar-refractivity contribution in [1.29, 1.82) is 0 Å². The molecule has 0 heterocycles. The van der Waals surface area contributed by atoms with Crippen molar-refractivity contribution in [1.82, 2.24) is 16.0 Å². The molecule has 0 aromatic carbocycles. The van der Waals surface area contributed by atoms with Gasteiger partial charge >= 0.3 is 0 Å². The van der Waals surface area contributed by atoms with Crippen molar-refractivity contribution in [3.05, 3.63) is 0 Å². The van der Waals surface area contributed by atoms with Crippen LogP contribution in [0.3, 0.4) is 0 Å². The molecule has 0 saturated carbocycles. The van der Waals surface area contributed by atoms with Gasteiger partial charge < -0.3 is 21.1 Å². The van der Waals surface area contributed by atoms with Crippen LogP contribution in [0.1, 0.15) is 19.8 Å². The van der Waals surface area contributed by atoms with E-state index in [4.69, 9.17) is 5.11 Å². The van der Waals surface area contributed by atoms with E-state index in [2.05, 4.69) is 22.9 Å². The highest BCUT2D eigenvalue weighted by Crippen LogP contribution is 2.12. The number of hydrogen-bond acceptors (Lipinski definition) is 4. The zero-order chi connectivity index (χ0) is 10.3. The van der Waals surface area contributed by atoms with Gasteiger partial charge in [0.15, 0.2) is 0 Å². The summed E-state index contributed by atoms with van der Waals surface area (Å²) in [6.07, 6.45) is 1.85. The zero-order valence-electron chi connectivity index (χ0n) is 9.15. The normalized spacial score (nSPS) is 14.5. The second kappa shape index (κ2) is 6.32. The van der Waals surface area contributed by atoms with Gasteiger partial charge in [0.1, 0.15) is 0 Å². The molecule has 0 aliphatic carbocycles. The summed E-state index contributed by atoms with van der Waals surface area (Å²) >= 11 is 0. The largest absolute Gasteiger partial charge is 0.395 e. The molecule has 0 rings (SSSR count). The SMILES string of the molecule is CCC(CC(CO)NC)(NC)NC. The fraction of sp³-hybridized carbons (Fsp3) is 1.00. The molecule has 0 fully saturated rings. The summed E-state index contributed by atoms with van der Waals surface area (Å²) in [7, 11) is 5.74. The monoisotopic (exact) mass is 189 g/mol. The van der Waals surface area contributed by atoms with Crippen LogP contribution in [-0.4, -0.2) is 44.6 Å². The Morgan fingerprint density at radius 3 is 2.00 bits per heavy atom. The van der Waals surface area contributed by atoms with Crippen LogP contribution < -0.4 is 16.0 Å². The summed E-state index contributed by atoms with van der Waals surface area (Å²) in [5.41, 5.74) is -0.0730. The molecule has 4 heteroatoms. The molecule has 1 unspecified atom stereocenters. The minimum absolute atomic E-state index is 0.0730. The quantitative estimate of drug-likeness (QED) is 0.408. The first-order valence-electron chi connectivity index (χ1n) is 4.84. The Labute approximate surface area is 81.1 Å². The van der Waals surface area contributed by atoms with E-state index in [1.807, 2.05) is 21.1 Å². The van der Waals surface area contributed by atoms with E-state index in [1.54, 1.807) is 0 Å². The highest BCUT2D eigenvalue weighted by molar-refractivity contribution is 4.86. The summed E-state index contributed by atoms with van der Waals surface area (Å²) in [4.78, 5) is 0. The first-order chi connectivity index (χ1) is 6.17. The molecule has 0 radical (unpaired) electrons. The molecule has 1 atom stereocenters. The Bertz CT molecular complexity index is 114. The van der Waals surface area contributed by atoms with Gasteiger partial charge in [-0.2, -0.15) is 0 Å². The lowest BCUT2D eigenvalue weighted by Crippen LogP contribution is -2.57. The van der Waals surface area contributed by atoms with Gasteiger partial charge in [-0.1, -0.05) is 6.92 Å². The average molecular weight is 189 g/mol. The first-order valence-corrected chi connectivity index (χ1v) is 4.84. The van der Waals surface area contributed by atoms with Gasteiger partial charge in [-0.15, -0.1) is 0 Å². The summed E-state index contributed by atoms with van der Waals surface area (Å²) in [6.45, 7) is 2.29. The first kappa shape index (κ1) is 12.8. The van der Waals surface area contributed by atoms with Gasteiger partial charge in [-0.3, -0.25) is 0 Å². The van der Waals surface area contributed by atoms with Crippen LogP contribution in [0, 0.1) is 0 Å². The van der Waals surface area contributed by atoms with Crippen LogP contribution in [0.25, 0.3) is 0 Å². The second-order valence-electron chi connectivity index (χ2n) is 3.31. The van der Waals surface area contributed by atoms with Crippen molar-refractivity contribution >= 4 is 0 Å². The summed E-state index contributed by atoms with van der Waals surface area (Å²) in [5.74, 6) is 0. The van der Waals surface area contributed by atoms with Crippen LogP contribution in [-0.2, 0) is 0 Å². The van der Waals surface area contributed by atoms with E-state index in [-0.39, 0.29) is 18.3 Å². The molecule has 0 aromatic heterocycles. The van der Waals surface area contributed by atoms with Gasteiger partial charge in [0.2, 0.25) is 0 Å². The van der Waals surface area contributed by atoms with Crippen LogP contribution >= 0.6 is 0 Å². The Morgan fingerprint density at radius 2 is 1.77 bits per heavy atom. The van der Waals surface area contributed by atoms with E-state index >= 15 is 0 Å². The fourth-order valence-corrected chi connectivity index (χ4v) is 1.51. The van der Waals surface area contributed by atoms with Crippen molar-refractivity contribution < 1.29 is 5.11 Å². The highest BCUT2D eigenvalue weighted by Gasteiger charge is 2.26. The standard InChI is InChI=1S/C9H23N3O/c1-5-9(11-3,12-4)6-8(7-13)10-2/h8,10-13H,5-7H2,1-4H3. The average Bonchev–Trinajstić information content (AvgIpc) is 2.21. The topological polar surface area (TPSA) is 56.3 Å². The maximum absolute atomic E-state index is 9.06. The van der Waals surface area contributed by atoms with Crippen molar-refractivity contribution in [2.75, 3.05) is 27.7 Å². The summed E-state index contributed by atoms with van der Waals surface area (Å²) in [6, 6.07) is 0.139. The Hall–Kier alpha value is -0.160. The lowest BCUT2D eigenvalue weighted by atomic mass is 9.98. The molecule has 4 N–H and O–H groups in total. The van der Waals surface area contributed by atoms with Crippen LogP contribution in [0.2, 0.25) is 0 Å². The van der Waals surface area contributed by atoms with Crippen molar-refractivity contribution in [3.8, 4) is 0 Å². The number of rotatable bonds is 7. The summed E-state index contributed by atoms with van der Waals surface area (Å²) < 4.78 is 0. The van der Waals surface area contributed by atoms with Gasteiger partial charge in [0.25, 0.3) is 0 Å². The molecule has 0 bridgehead atoms. The third-order valence-electron chi connectivity index (χ3n) is 2.78. The minimum Gasteiger partial charge on any atom is -0.395 e. The highest BCUT2D eigenvalue weighted by atomic mass is 16.3. The van der Waals surface area contributed by atoms with Gasteiger partial charge in [-0.05, 0) is 34.0 Å². The predicted molar refractivity (Wildman–Crippen MR) is 55.7 cm³/mol. The molecule has 80 valence electrons. The van der Waals surface area contributed by atoms with E-state index in [1.165, 1.54) is 0 Å². The van der Waals surface area contributed by atoms with Gasteiger partial charge in [0, 0.05) is 6.04 Å². The Morgan fingerprint density at radius 1 is 1.23 bits per heavy atom. The third-order valence-corrected chi connectivity index (χ3v) is 2.78. The molecular weight excluding hydrogens is 166 g/mol. The molecule has 13 heavy (non-hydrogen) atoms. The van der Waals surface area contributed by atoms with Gasteiger partial charge in [-0.25, -0.2) is 0 Å². The van der Waals surface area contributed by atoms with E-state index in [9.17, 15) is 0 Å². The lowest BCUT2D eigenvalue weighted by Gasteiger charge is -2.35. The van der Waals surface area contributed by atoms with Gasteiger partial charge in [0.05, 0.1) is 12.3 Å². The van der Waals surface area contributed by atoms with Crippen molar-refractivity contribution in [2.24, 2.45) is 0 Å². The number of aliphatic hydroxyl groups excluding tert-OH is 1. The van der Waals surface area contributed by atoms with E-state index < -0.39 is 0 Å². The molecule has 4 nitrogen and oxygen atoms in total. The van der Waals surface area contributed by atoms with E-state index in [0.29, 0.717) is 0 Å². The van der Waals surface area contributed by atoms with Crippen LogP contribution in [0.4, 0.5) is 0 Å². The molecular formula is C9H23N3O. The predicted octanol–water partition coefficient (Wildman–Crippen LogP) is -0.498. The number of aliphatic hydroxyl groups is 1. The second-order valence-corrected chi connectivity index (χ2v) is 3.31. The van der Waals surface area contributed by atoms with Crippen molar-refractivity contribution in [2.45, 2.75) is 31.5 Å². The molecule has 0 spiro atoms. The molecule has 0 aromatic rings. The minimum atomic E-state index is -0.0730. The van der Waals surface area contributed by atoms with Crippen LogP contribution in [0.15, 0.2) is 0 Å². The lowest BCUT2D eigenvalue weighted by molar-refractivity contribution is 0.179. The summed E-state index contributed by atoms with van der Waals surface area (Å²) in [5, 5.41) is 18.6. The van der Waals surface area contributed by atoms with Crippen LogP contribution in [0.5, 0.6) is 0 Å². The number of nitrogens with one attached hydrogen (secondary N) is 3. The van der Waals surface area contributed by atoms with Crippen molar-refractivity contribution in [3.63, 3.8) is 0 Å². The fourth-order valence-electron chi connectivity index (χ4n) is 1.51. The maximum atomic E-state index is 9.06. The Kier molecular flexibility index (Phi) is 6.24. The molecule has 0 saturated heterocycles. The third kappa shape index (κ3) is 3.60. The number of likely N-dealkylation sites (N-methyl/N-ethyl adjacent to an activating group) is 1. The van der Waals surface area contributed by atoms with E-state index in [0.717, 1.165) is 12.8 Å². The molecule has 0 amide bonds. The maximum Gasteiger partial charge on any atom is 0.0695 e. The molecule has 0 aliphatic rings. The number of hydrogen-bond donors (Lipinski definition) is 4.